The number of aromatic carboxylic acids is 1. The summed E-state index contributed by atoms with van der Waals surface area (Å²) in [6.07, 6.45) is 4.91. The number of rotatable bonds is 5. The Morgan fingerprint density at radius 3 is 2.62 bits per heavy atom. The van der Waals surface area contributed by atoms with E-state index >= 15 is 0 Å². The molecule has 4 nitrogen and oxygen atoms in total. The fraction of sp³-hybridized carbons (Fsp3) is 0.500. The first-order chi connectivity index (χ1) is 7.52. The summed E-state index contributed by atoms with van der Waals surface area (Å²) in [6.45, 7) is 6.23. The number of hydrogen-bond donors (Lipinski definition) is 2. The van der Waals surface area contributed by atoms with Gasteiger partial charge < -0.3 is 10.4 Å². The van der Waals surface area contributed by atoms with Gasteiger partial charge in [0.15, 0.2) is 0 Å². The number of pyridine rings is 1. The van der Waals surface area contributed by atoms with E-state index < -0.39 is 5.97 Å². The van der Waals surface area contributed by atoms with Crippen LogP contribution in [0.25, 0.3) is 0 Å². The lowest BCUT2D eigenvalue weighted by Crippen LogP contribution is -2.33. The zero-order valence-electron chi connectivity index (χ0n) is 9.95. The molecule has 16 heavy (non-hydrogen) atoms. The molecule has 0 amide bonds. The summed E-state index contributed by atoms with van der Waals surface area (Å²) in [6, 6.07) is 1.51. The van der Waals surface area contributed by atoms with Gasteiger partial charge in [-0.05, 0) is 25.8 Å². The average Bonchev–Trinajstić information content (AvgIpc) is 2.29. The van der Waals surface area contributed by atoms with Crippen molar-refractivity contribution in [1.29, 1.82) is 0 Å². The van der Waals surface area contributed by atoms with Gasteiger partial charge in [-0.25, -0.2) is 4.79 Å². The fourth-order valence-electron chi connectivity index (χ4n) is 1.43. The zero-order chi connectivity index (χ0) is 12.2. The summed E-state index contributed by atoms with van der Waals surface area (Å²) in [5.41, 5.74) is 0.761. The van der Waals surface area contributed by atoms with E-state index in [4.69, 9.17) is 5.11 Å². The lowest BCUT2D eigenvalue weighted by atomic mass is 9.95. The predicted octanol–water partition coefficient (Wildman–Crippen LogP) is 2.77. The maximum absolute atomic E-state index is 11.0. The molecule has 2 N–H and O–H groups in total. The minimum atomic E-state index is -0.931. The smallest absolute Gasteiger partial charge is 0.337 e. The molecule has 0 bridgehead atoms. The van der Waals surface area contributed by atoms with Crippen molar-refractivity contribution in [3.63, 3.8) is 0 Å². The molecule has 0 aliphatic rings. The van der Waals surface area contributed by atoms with Crippen LogP contribution < -0.4 is 5.32 Å². The van der Waals surface area contributed by atoms with E-state index in [0.29, 0.717) is 5.69 Å². The highest BCUT2D eigenvalue weighted by molar-refractivity contribution is 5.93. The highest BCUT2D eigenvalue weighted by Crippen LogP contribution is 2.23. The van der Waals surface area contributed by atoms with Crippen molar-refractivity contribution < 1.29 is 9.90 Å². The molecule has 0 radical (unpaired) electrons. The van der Waals surface area contributed by atoms with Crippen LogP contribution in [0.3, 0.4) is 0 Å². The molecule has 0 aliphatic carbocycles. The molecule has 0 saturated carbocycles. The summed E-state index contributed by atoms with van der Waals surface area (Å²) in [5, 5.41) is 12.3. The predicted molar refractivity (Wildman–Crippen MR) is 63.8 cm³/mol. The standard InChI is InChI=1S/C12H18N2O2/c1-4-12(3,5-2)14-10-8-13-7-6-9(10)11(15)16/h6-8,14H,4-5H2,1-3H3,(H,15,16). The normalized spacial score (nSPS) is 11.2. The molecule has 1 aromatic rings. The second kappa shape index (κ2) is 4.96. The highest BCUT2D eigenvalue weighted by Gasteiger charge is 2.21. The lowest BCUT2D eigenvalue weighted by Gasteiger charge is -2.29. The SMILES string of the molecule is CCC(C)(CC)Nc1cnccc1C(=O)O. The zero-order valence-corrected chi connectivity index (χ0v) is 9.95. The number of carboxylic acids is 1. The first kappa shape index (κ1) is 12.5. The van der Waals surface area contributed by atoms with Crippen LogP contribution in [-0.4, -0.2) is 21.6 Å². The summed E-state index contributed by atoms with van der Waals surface area (Å²) in [7, 11) is 0. The Kier molecular flexibility index (Phi) is 3.88. The molecule has 88 valence electrons. The first-order valence-corrected chi connectivity index (χ1v) is 5.48. The van der Waals surface area contributed by atoms with Crippen molar-refractivity contribution in [3.05, 3.63) is 24.0 Å². The quantitative estimate of drug-likeness (QED) is 0.804. The van der Waals surface area contributed by atoms with E-state index in [1.807, 2.05) is 0 Å². The van der Waals surface area contributed by atoms with Crippen LogP contribution in [0.1, 0.15) is 44.0 Å². The summed E-state index contributed by atoms with van der Waals surface area (Å²) in [4.78, 5) is 15.0. The maximum Gasteiger partial charge on any atom is 0.337 e. The molecule has 0 aliphatic heterocycles. The molecular weight excluding hydrogens is 204 g/mol. The molecular formula is C12H18N2O2. The molecule has 1 heterocycles. The van der Waals surface area contributed by atoms with Gasteiger partial charge in [-0.15, -0.1) is 0 Å². The Morgan fingerprint density at radius 2 is 2.12 bits per heavy atom. The number of aromatic nitrogens is 1. The number of nitrogens with one attached hydrogen (secondary N) is 1. The van der Waals surface area contributed by atoms with Gasteiger partial charge in [-0.3, -0.25) is 4.98 Å². The minimum Gasteiger partial charge on any atom is -0.478 e. The van der Waals surface area contributed by atoms with E-state index in [1.165, 1.54) is 12.3 Å². The summed E-state index contributed by atoms with van der Waals surface area (Å²) < 4.78 is 0. The summed E-state index contributed by atoms with van der Waals surface area (Å²) in [5.74, 6) is -0.931. The van der Waals surface area contributed by atoms with E-state index in [9.17, 15) is 4.79 Å². The Labute approximate surface area is 95.7 Å². The number of carboxylic acid groups (broad SMARTS) is 1. The molecule has 4 heteroatoms. The largest absolute Gasteiger partial charge is 0.478 e. The van der Waals surface area contributed by atoms with Crippen molar-refractivity contribution in [2.45, 2.75) is 39.2 Å². The van der Waals surface area contributed by atoms with E-state index in [-0.39, 0.29) is 11.1 Å². The molecule has 0 unspecified atom stereocenters. The van der Waals surface area contributed by atoms with E-state index in [1.54, 1.807) is 6.20 Å². The van der Waals surface area contributed by atoms with Crippen LogP contribution in [0.15, 0.2) is 18.5 Å². The second-order valence-corrected chi connectivity index (χ2v) is 4.12. The number of nitrogens with zero attached hydrogens (tertiary/aromatic N) is 1. The molecule has 0 fully saturated rings. The third kappa shape index (κ3) is 2.72. The van der Waals surface area contributed by atoms with Crippen LogP contribution in [0, 0.1) is 0 Å². The molecule has 0 atom stereocenters. The van der Waals surface area contributed by atoms with Gasteiger partial charge in [0.2, 0.25) is 0 Å². The minimum absolute atomic E-state index is 0.0900. The molecule has 0 aromatic carbocycles. The number of anilines is 1. The summed E-state index contributed by atoms with van der Waals surface area (Å²) >= 11 is 0. The van der Waals surface area contributed by atoms with Crippen molar-refractivity contribution in [3.8, 4) is 0 Å². The second-order valence-electron chi connectivity index (χ2n) is 4.12. The van der Waals surface area contributed by atoms with Gasteiger partial charge in [0.05, 0.1) is 17.4 Å². The van der Waals surface area contributed by atoms with Gasteiger partial charge in [0.25, 0.3) is 0 Å². The van der Waals surface area contributed by atoms with Gasteiger partial charge in [-0.2, -0.15) is 0 Å². The van der Waals surface area contributed by atoms with Crippen molar-refractivity contribution in [2.24, 2.45) is 0 Å². The third-order valence-corrected chi connectivity index (χ3v) is 3.05. The Hall–Kier alpha value is -1.58. The Balaban J connectivity index is 3.01. The van der Waals surface area contributed by atoms with Crippen LogP contribution in [-0.2, 0) is 0 Å². The number of carbonyl (C=O) groups is 1. The first-order valence-electron chi connectivity index (χ1n) is 5.48. The van der Waals surface area contributed by atoms with Crippen LogP contribution in [0.5, 0.6) is 0 Å². The van der Waals surface area contributed by atoms with E-state index in [0.717, 1.165) is 12.8 Å². The number of hydrogen-bond acceptors (Lipinski definition) is 3. The van der Waals surface area contributed by atoms with Crippen molar-refractivity contribution in [2.75, 3.05) is 5.32 Å². The lowest BCUT2D eigenvalue weighted by molar-refractivity contribution is 0.0697. The van der Waals surface area contributed by atoms with Gasteiger partial charge in [-0.1, -0.05) is 13.8 Å². The van der Waals surface area contributed by atoms with Gasteiger partial charge in [0, 0.05) is 11.7 Å². The third-order valence-electron chi connectivity index (χ3n) is 3.05. The van der Waals surface area contributed by atoms with E-state index in [2.05, 4.69) is 31.1 Å². The van der Waals surface area contributed by atoms with Gasteiger partial charge in [0.1, 0.15) is 0 Å². The van der Waals surface area contributed by atoms with Crippen molar-refractivity contribution >= 4 is 11.7 Å². The maximum atomic E-state index is 11.0. The molecule has 0 saturated heterocycles. The topological polar surface area (TPSA) is 62.2 Å². The van der Waals surface area contributed by atoms with Crippen LogP contribution in [0.2, 0.25) is 0 Å². The average molecular weight is 222 g/mol. The Bertz CT molecular complexity index is 373. The molecule has 1 aromatic heterocycles. The molecule has 1 rings (SSSR count). The monoisotopic (exact) mass is 222 g/mol. The highest BCUT2D eigenvalue weighted by atomic mass is 16.4. The fourth-order valence-corrected chi connectivity index (χ4v) is 1.43. The molecule has 0 spiro atoms. The van der Waals surface area contributed by atoms with Crippen molar-refractivity contribution in [1.82, 2.24) is 4.98 Å². The van der Waals surface area contributed by atoms with Gasteiger partial charge >= 0.3 is 5.97 Å². The van der Waals surface area contributed by atoms with Crippen LogP contribution in [0.4, 0.5) is 5.69 Å². The Morgan fingerprint density at radius 1 is 1.50 bits per heavy atom. The van der Waals surface area contributed by atoms with Crippen LogP contribution >= 0.6 is 0 Å².